The van der Waals surface area contributed by atoms with Crippen molar-refractivity contribution < 1.29 is 13.2 Å². The van der Waals surface area contributed by atoms with E-state index >= 15 is 0 Å². The molecule has 7 heteroatoms. The van der Waals surface area contributed by atoms with Gasteiger partial charge in [-0.25, -0.2) is 13.4 Å². The van der Waals surface area contributed by atoms with Crippen molar-refractivity contribution in [3.8, 4) is 5.88 Å². The fourth-order valence-electron chi connectivity index (χ4n) is 1.58. The first kappa shape index (κ1) is 11.5. The van der Waals surface area contributed by atoms with Gasteiger partial charge in [0.25, 0.3) is 9.05 Å². The molecule has 0 spiro atoms. The Hall–Kier alpha value is -1.01. The number of rotatable bonds is 1. The molecule has 1 aliphatic heterocycles. The number of hydrogen-bond donors (Lipinski definition) is 0. The summed E-state index contributed by atoms with van der Waals surface area (Å²) in [6.07, 6.45) is 0. The second-order valence-corrected chi connectivity index (χ2v) is 6.14. The van der Waals surface area contributed by atoms with Crippen molar-refractivity contribution in [3.63, 3.8) is 0 Å². The topological polar surface area (TPSA) is 59.5 Å². The van der Waals surface area contributed by atoms with E-state index in [9.17, 15) is 8.42 Å². The molecule has 1 aliphatic rings. The van der Waals surface area contributed by atoms with Crippen LogP contribution in [0.1, 0.15) is 5.69 Å². The summed E-state index contributed by atoms with van der Waals surface area (Å²) >= 11 is 0. The first-order chi connectivity index (χ1) is 7.39. The minimum Gasteiger partial charge on any atom is -0.474 e. The molecule has 0 fully saturated rings. The van der Waals surface area contributed by atoms with Gasteiger partial charge in [-0.1, -0.05) is 0 Å². The Kier molecular flexibility index (Phi) is 2.71. The molecule has 1 aromatic rings. The Labute approximate surface area is 98.4 Å². The van der Waals surface area contributed by atoms with Crippen LogP contribution in [-0.2, 0) is 9.05 Å². The van der Waals surface area contributed by atoms with Gasteiger partial charge < -0.3 is 9.64 Å². The third-order valence-electron chi connectivity index (χ3n) is 2.45. The maximum atomic E-state index is 11.3. The molecule has 0 saturated carbocycles. The predicted octanol–water partition coefficient (Wildman–Crippen LogP) is 1.15. The van der Waals surface area contributed by atoms with Gasteiger partial charge in [-0.2, -0.15) is 0 Å². The molecule has 2 rings (SSSR count). The maximum Gasteiger partial charge on any atom is 0.263 e. The van der Waals surface area contributed by atoms with E-state index in [1.54, 1.807) is 6.92 Å². The van der Waals surface area contributed by atoms with Crippen LogP contribution >= 0.6 is 10.7 Å². The molecule has 0 N–H and O–H groups in total. The molecule has 0 aromatic carbocycles. The van der Waals surface area contributed by atoms with Crippen molar-refractivity contribution in [2.24, 2.45) is 0 Å². The Balaban J connectivity index is 2.64. The van der Waals surface area contributed by atoms with Gasteiger partial charge in [-0.15, -0.1) is 0 Å². The van der Waals surface area contributed by atoms with Crippen molar-refractivity contribution in [1.82, 2.24) is 4.98 Å². The van der Waals surface area contributed by atoms with Crippen molar-refractivity contribution in [3.05, 3.63) is 11.8 Å². The van der Waals surface area contributed by atoms with Gasteiger partial charge in [-0.05, 0) is 13.0 Å². The zero-order valence-electron chi connectivity index (χ0n) is 8.90. The average molecular weight is 263 g/mol. The zero-order valence-corrected chi connectivity index (χ0v) is 10.5. The molecule has 1 aromatic heterocycles. The van der Waals surface area contributed by atoms with Gasteiger partial charge in [0.1, 0.15) is 17.2 Å². The molecule has 0 radical (unpaired) electrons. The van der Waals surface area contributed by atoms with Crippen LogP contribution in [0.2, 0.25) is 0 Å². The van der Waals surface area contributed by atoms with E-state index in [2.05, 4.69) is 4.98 Å². The van der Waals surface area contributed by atoms with Crippen LogP contribution in [0.5, 0.6) is 5.88 Å². The summed E-state index contributed by atoms with van der Waals surface area (Å²) in [6.45, 7) is 2.83. The monoisotopic (exact) mass is 262 g/mol. The fraction of sp³-hybridized carbons (Fsp3) is 0.444. The summed E-state index contributed by atoms with van der Waals surface area (Å²) in [5.41, 5.74) is 1.00. The lowest BCUT2D eigenvalue weighted by Crippen LogP contribution is -2.29. The predicted molar refractivity (Wildman–Crippen MR) is 60.8 cm³/mol. The maximum absolute atomic E-state index is 11.3. The number of hydrogen-bond acceptors (Lipinski definition) is 5. The van der Waals surface area contributed by atoms with Gasteiger partial charge in [0, 0.05) is 17.7 Å². The molecule has 16 heavy (non-hydrogen) atoms. The first-order valence-electron chi connectivity index (χ1n) is 4.70. The van der Waals surface area contributed by atoms with Crippen molar-refractivity contribution in [2.45, 2.75) is 11.8 Å². The summed E-state index contributed by atoms with van der Waals surface area (Å²) in [4.78, 5) is 6.02. The number of likely N-dealkylation sites (N-methyl/N-ethyl adjacent to an activating group) is 1. The van der Waals surface area contributed by atoms with Crippen molar-refractivity contribution >= 4 is 25.4 Å². The molecular formula is C9H11ClN2O3S. The van der Waals surface area contributed by atoms with E-state index < -0.39 is 9.05 Å². The highest BCUT2D eigenvalue weighted by molar-refractivity contribution is 8.13. The van der Waals surface area contributed by atoms with Crippen LogP contribution in [0.4, 0.5) is 5.69 Å². The fourth-order valence-corrected chi connectivity index (χ4v) is 2.70. The van der Waals surface area contributed by atoms with Gasteiger partial charge in [0.15, 0.2) is 0 Å². The quantitative estimate of drug-likeness (QED) is 0.711. The Morgan fingerprint density at radius 1 is 1.56 bits per heavy atom. The lowest BCUT2D eigenvalue weighted by atomic mass is 10.3. The Morgan fingerprint density at radius 2 is 2.25 bits per heavy atom. The van der Waals surface area contributed by atoms with E-state index in [-0.39, 0.29) is 4.90 Å². The van der Waals surface area contributed by atoms with Gasteiger partial charge in [0.05, 0.1) is 12.2 Å². The smallest absolute Gasteiger partial charge is 0.263 e. The number of halogens is 1. The van der Waals surface area contributed by atoms with Crippen LogP contribution in [0.25, 0.3) is 0 Å². The summed E-state index contributed by atoms with van der Waals surface area (Å²) in [7, 11) is 3.41. The Bertz CT molecular complexity index is 530. The number of anilines is 1. The highest BCUT2D eigenvalue weighted by Crippen LogP contribution is 2.33. The molecule has 2 heterocycles. The number of pyridine rings is 1. The molecular weight excluding hydrogens is 252 g/mol. The number of aromatic nitrogens is 1. The largest absolute Gasteiger partial charge is 0.474 e. The third-order valence-corrected chi connectivity index (χ3v) is 3.89. The van der Waals surface area contributed by atoms with Crippen LogP contribution in [0, 0.1) is 6.92 Å². The van der Waals surface area contributed by atoms with Gasteiger partial charge >= 0.3 is 0 Å². The molecule has 0 amide bonds. The summed E-state index contributed by atoms with van der Waals surface area (Å²) in [5.74, 6) is 0.454. The zero-order chi connectivity index (χ0) is 11.9. The molecule has 0 atom stereocenters. The van der Waals surface area contributed by atoms with Crippen LogP contribution in [0.15, 0.2) is 11.0 Å². The Morgan fingerprint density at radius 3 is 2.88 bits per heavy atom. The lowest BCUT2D eigenvalue weighted by Gasteiger charge is -2.27. The van der Waals surface area contributed by atoms with Crippen LogP contribution in [0.3, 0.4) is 0 Å². The number of ether oxygens (including phenoxy) is 1. The summed E-state index contributed by atoms with van der Waals surface area (Å²) < 4.78 is 28.0. The standard InChI is InChI=1S/C9H11ClN2O3S/c1-6-8(16(10,13)14)5-7-9(11-6)15-4-3-12(7)2/h5H,3-4H2,1-2H3. The molecule has 0 saturated heterocycles. The highest BCUT2D eigenvalue weighted by Gasteiger charge is 2.23. The summed E-state index contributed by atoms with van der Waals surface area (Å²) in [6, 6.07) is 1.50. The molecule has 0 aliphatic carbocycles. The van der Waals surface area contributed by atoms with Crippen LogP contribution in [-0.4, -0.2) is 33.6 Å². The average Bonchev–Trinajstić information content (AvgIpc) is 2.15. The molecule has 5 nitrogen and oxygen atoms in total. The number of nitrogens with zero attached hydrogens (tertiary/aromatic N) is 2. The van der Waals surface area contributed by atoms with E-state index in [0.29, 0.717) is 30.4 Å². The van der Waals surface area contributed by atoms with Crippen molar-refractivity contribution in [1.29, 1.82) is 0 Å². The SMILES string of the molecule is Cc1nc2c(cc1S(=O)(=O)Cl)N(C)CCO2. The second kappa shape index (κ2) is 3.78. The molecule has 0 bridgehead atoms. The van der Waals surface area contributed by atoms with Gasteiger partial charge in [-0.3, -0.25) is 0 Å². The van der Waals surface area contributed by atoms with Crippen molar-refractivity contribution in [2.75, 3.05) is 25.1 Å². The second-order valence-electron chi connectivity index (χ2n) is 3.60. The first-order valence-corrected chi connectivity index (χ1v) is 7.01. The van der Waals surface area contributed by atoms with E-state index in [0.717, 1.165) is 0 Å². The number of fused-ring (bicyclic) bond motifs is 1. The van der Waals surface area contributed by atoms with E-state index in [1.165, 1.54) is 6.07 Å². The third kappa shape index (κ3) is 1.94. The normalized spacial score (nSPS) is 15.6. The lowest BCUT2D eigenvalue weighted by molar-refractivity contribution is 0.297. The summed E-state index contributed by atoms with van der Waals surface area (Å²) in [5, 5.41) is 0. The van der Waals surface area contributed by atoms with Gasteiger partial charge in [0.2, 0.25) is 5.88 Å². The van der Waals surface area contributed by atoms with E-state index in [4.69, 9.17) is 15.4 Å². The number of aryl methyl sites for hydroxylation is 1. The van der Waals surface area contributed by atoms with Crippen LogP contribution < -0.4 is 9.64 Å². The molecule has 0 unspecified atom stereocenters. The minimum absolute atomic E-state index is 0.0327. The van der Waals surface area contributed by atoms with E-state index in [1.807, 2.05) is 11.9 Å². The molecule has 88 valence electrons. The highest BCUT2D eigenvalue weighted by atomic mass is 35.7. The minimum atomic E-state index is -3.76.